The van der Waals surface area contributed by atoms with Crippen molar-refractivity contribution in [2.24, 2.45) is 0 Å². The average molecular weight is 128 g/mol. The van der Waals surface area contributed by atoms with Gasteiger partial charge in [-0.1, -0.05) is 0 Å². The summed E-state index contributed by atoms with van der Waals surface area (Å²) >= 11 is 0. The van der Waals surface area contributed by atoms with Crippen LogP contribution in [0.15, 0.2) is 0 Å². The van der Waals surface area contributed by atoms with Crippen LogP contribution in [0.25, 0.3) is 0 Å². The minimum absolute atomic E-state index is 0.0665. The third-order valence-corrected chi connectivity index (χ3v) is 1.34. The third kappa shape index (κ3) is 3.08. The zero-order valence-electron chi connectivity index (χ0n) is 5.68. The molecular formula is C6H12N2O. The van der Waals surface area contributed by atoms with Gasteiger partial charge in [0.1, 0.15) is 0 Å². The Hall–Kier alpha value is -0.570. The zero-order chi connectivity index (χ0) is 6.69. The summed E-state index contributed by atoms with van der Waals surface area (Å²) in [5.41, 5.74) is 0. The van der Waals surface area contributed by atoms with Crippen molar-refractivity contribution in [3.63, 3.8) is 0 Å². The minimum atomic E-state index is 0.0665. The molecular weight excluding hydrogens is 116 g/mol. The maximum Gasteiger partial charge on any atom is 0.216 e. The Morgan fingerprint density at radius 2 is 2.33 bits per heavy atom. The van der Waals surface area contributed by atoms with Gasteiger partial charge in [-0.25, -0.2) is 0 Å². The minimum Gasteiger partial charge on any atom is -0.355 e. The summed E-state index contributed by atoms with van der Waals surface area (Å²) in [5.74, 6) is 0.0665. The van der Waals surface area contributed by atoms with E-state index in [1.807, 2.05) is 0 Å². The molecule has 52 valence electrons. The quantitative estimate of drug-likeness (QED) is 0.517. The highest BCUT2D eigenvalue weighted by Crippen LogP contribution is 1.99. The summed E-state index contributed by atoms with van der Waals surface area (Å²) in [6, 6.07) is 0. The molecule has 0 aliphatic carbocycles. The van der Waals surface area contributed by atoms with Crippen LogP contribution in [0.5, 0.6) is 0 Å². The summed E-state index contributed by atoms with van der Waals surface area (Å²) in [6.45, 7) is 5.77. The van der Waals surface area contributed by atoms with E-state index in [1.54, 1.807) is 6.92 Å². The number of rotatable bonds is 3. The molecule has 9 heavy (non-hydrogen) atoms. The van der Waals surface area contributed by atoms with E-state index in [4.69, 9.17) is 0 Å². The van der Waals surface area contributed by atoms with Crippen molar-refractivity contribution in [2.75, 3.05) is 26.2 Å². The average Bonchev–Trinajstić information content (AvgIpc) is 2.48. The molecule has 1 amide bonds. The van der Waals surface area contributed by atoms with Gasteiger partial charge in [0.05, 0.1) is 0 Å². The fourth-order valence-electron chi connectivity index (χ4n) is 0.684. The maximum absolute atomic E-state index is 10.3. The molecule has 0 aromatic heterocycles. The predicted octanol–water partition coefficient (Wildman–Crippen LogP) is -0.562. The van der Waals surface area contributed by atoms with Gasteiger partial charge in [0.25, 0.3) is 0 Å². The number of amides is 1. The van der Waals surface area contributed by atoms with Crippen LogP contribution in [0.4, 0.5) is 0 Å². The van der Waals surface area contributed by atoms with Gasteiger partial charge < -0.3 is 5.32 Å². The fourth-order valence-corrected chi connectivity index (χ4v) is 0.684. The molecule has 0 aromatic rings. The summed E-state index contributed by atoms with van der Waals surface area (Å²) < 4.78 is 0. The first-order valence-corrected chi connectivity index (χ1v) is 3.26. The molecule has 0 aromatic carbocycles. The van der Waals surface area contributed by atoms with Crippen molar-refractivity contribution in [3.05, 3.63) is 0 Å². The van der Waals surface area contributed by atoms with Crippen molar-refractivity contribution < 1.29 is 4.79 Å². The van der Waals surface area contributed by atoms with E-state index in [-0.39, 0.29) is 5.91 Å². The van der Waals surface area contributed by atoms with Crippen LogP contribution in [0.2, 0.25) is 0 Å². The lowest BCUT2D eigenvalue weighted by Crippen LogP contribution is -2.25. The second kappa shape index (κ2) is 2.82. The van der Waals surface area contributed by atoms with Gasteiger partial charge in [0.15, 0.2) is 0 Å². The molecule has 0 radical (unpaired) electrons. The van der Waals surface area contributed by atoms with E-state index in [2.05, 4.69) is 10.2 Å². The van der Waals surface area contributed by atoms with Crippen LogP contribution in [0.3, 0.4) is 0 Å². The highest BCUT2D eigenvalue weighted by atomic mass is 16.1. The topological polar surface area (TPSA) is 32.1 Å². The van der Waals surface area contributed by atoms with Crippen molar-refractivity contribution in [1.82, 2.24) is 10.2 Å². The second-order valence-electron chi connectivity index (χ2n) is 2.32. The molecule has 3 heteroatoms. The highest BCUT2D eigenvalue weighted by molar-refractivity contribution is 5.72. The number of nitrogens with one attached hydrogen (secondary N) is 1. The summed E-state index contributed by atoms with van der Waals surface area (Å²) in [5, 5.41) is 2.74. The van der Waals surface area contributed by atoms with Crippen molar-refractivity contribution in [1.29, 1.82) is 0 Å². The van der Waals surface area contributed by atoms with E-state index in [0.29, 0.717) is 0 Å². The first-order valence-electron chi connectivity index (χ1n) is 3.26. The van der Waals surface area contributed by atoms with E-state index in [9.17, 15) is 4.79 Å². The van der Waals surface area contributed by atoms with Gasteiger partial charge in [-0.2, -0.15) is 0 Å². The maximum atomic E-state index is 10.3. The molecule has 1 aliphatic rings. The molecule has 3 nitrogen and oxygen atoms in total. The van der Waals surface area contributed by atoms with Gasteiger partial charge in [0, 0.05) is 33.1 Å². The molecule has 0 unspecified atom stereocenters. The van der Waals surface area contributed by atoms with Crippen molar-refractivity contribution in [2.45, 2.75) is 6.92 Å². The largest absolute Gasteiger partial charge is 0.355 e. The lowest BCUT2D eigenvalue weighted by atomic mass is 10.6. The number of nitrogens with zero attached hydrogens (tertiary/aromatic N) is 1. The van der Waals surface area contributed by atoms with Crippen LogP contribution in [0, 0.1) is 0 Å². The Kier molecular flexibility index (Phi) is 2.05. The van der Waals surface area contributed by atoms with Crippen molar-refractivity contribution >= 4 is 5.91 Å². The van der Waals surface area contributed by atoms with Crippen LogP contribution in [-0.2, 0) is 4.79 Å². The van der Waals surface area contributed by atoms with Crippen LogP contribution >= 0.6 is 0 Å². The molecule has 0 atom stereocenters. The molecule has 1 heterocycles. The second-order valence-corrected chi connectivity index (χ2v) is 2.32. The Bertz CT molecular complexity index is 110. The standard InChI is InChI=1S/C6H12N2O/c1-6(9)7-2-3-8-4-5-8/h2-5H2,1H3,(H,7,9). The van der Waals surface area contributed by atoms with E-state index >= 15 is 0 Å². The molecule has 1 N–H and O–H groups in total. The van der Waals surface area contributed by atoms with Crippen LogP contribution in [-0.4, -0.2) is 37.0 Å². The number of carbonyl (C=O) groups excluding carboxylic acids is 1. The number of hydrogen-bond donors (Lipinski definition) is 1. The fraction of sp³-hybridized carbons (Fsp3) is 0.833. The van der Waals surface area contributed by atoms with Gasteiger partial charge >= 0.3 is 0 Å². The normalized spacial score (nSPS) is 17.4. The molecule has 1 fully saturated rings. The Balaban J connectivity index is 1.86. The number of hydrogen-bond acceptors (Lipinski definition) is 2. The lowest BCUT2D eigenvalue weighted by Gasteiger charge is -1.99. The lowest BCUT2D eigenvalue weighted by molar-refractivity contribution is -0.118. The first kappa shape index (κ1) is 6.55. The SMILES string of the molecule is CC(=O)NCCN1CC1. The third-order valence-electron chi connectivity index (χ3n) is 1.34. The molecule has 0 bridgehead atoms. The van der Waals surface area contributed by atoms with E-state index < -0.39 is 0 Å². The van der Waals surface area contributed by atoms with E-state index in [1.165, 1.54) is 13.1 Å². The van der Waals surface area contributed by atoms with Gasteiger partial charge in [-0.15, -0.1) is 0 Å². The van der Waals surface area contributed by atoms with Gasteiger partial charge in [0.2, 0.25) is 5.91 Å². The smallest absolute Gasteiger partial charge is 0.216 e. The first-order chi connectivity index (χ1) is 4.29. The Morgan fingerprint density at radius 1 is 1.67 bits per heavy atom. The number of carbonyl (C=O) groups is 1. The Labute approximate surface area is 55.0 Å². The highest BCUT2D eigenvalue weighted by Gasteiger charge is 2.15. The zero-order valence-corrected chi connectivity index (χ0v) is 5.68. The van der Waals surface area contributed by atoms with Crippen LogP contribution in [0.1, 0.15) is 6.92 Å². The molecule has 0 saturated carbocycles. The summed E-state index contributed by atoms with van der Waals surface area (Å²) in [7, 11) is 0. The molecule has 1 saturated heterocycles. The van der Waals surface area contributed by atoms with Gasteiger partial charge in [-0.3, -0.25) is 9.69 Å². The summed E-state index contributed by atoms with van der Waals surface area (Å²) in [4.78, 5) is 12.6. The van der Waals surface area contributed by atoms with Crippen molar-refractivity contribution in [3.8, 4) is 0 Å². The monoisotopic (exact) mass is 128 g/mol. The van der Waals surface area contributed by atoms with Crippen LogP contribution < -0.4 is 5.32 Å². The molecule has 1 aliphatic heterocycles. The Morgan fingerprint density at radius 3 is 2.78 bits per heavy atom. The van der Waals surface area contributed by atoms with Gasteiger partial charge in [-0.05, 0) is 0 Å². The molecule has 0 spiro atoms. The molecule has 1 rings (SSSR count). The predicted molar refractivity (Wildman–Crippen MR) is 35.1 cm³/mol. The summed E-state index contributed by atoms with van der Waals surface area (Å²) in [6.07, 6.45) is 0. The van der Waals surface area contributed by atoms with E-state index in [0.717, 1.165) is 13.1 Å².